The number of benzene rings is 2. The summed E-state index contributed by atoms with van der Waals surface area (Å²) in [7, 11) is 0. The minimum absolute atomic E-state index is 0.000290. The first-order valence-electron chi connectivity index (χ1n) is 11.5. The van der Waals surface area contributed by atoms with E-state index in [2.05, 4.69) is 15.4 Å². The molecule has 2 aromatic carbocycles. The van der Waals surface area contributed by atoms with Crippen molar-refractivity contribution < 1.29 is 18.3 Å². The second-order valence-electron chi connectivity index (χ2n) is 8.66. The van der Waals surface area contributed by atoms with Gasteiger partial charge in [0.15, 0.2) is 0 Å². The maximum Gasteiger partial charge on any atom is 0.251 e. The van der Waals surface area contributed by atoms with E-state index in [-0.39, 0.29) is 12.5 Å². The maximum absolute atomic E-state index is 13.4. The van der Waals surface area contributed by atoms with E-state index in [0.29, 0.717) is 34.2 Å². The fourth-order valence-corrected chi connectivity index (χ4v) is 4.04. The molecule has 6 nitrogen and oxygen atoms in total. The molecule has 8 heteroatoms. The lowest BCUT2D eigenvalue weighted by atomic mass is 9.93. The Morgan fingerprint density at radius 2 is 1.94 bits per heavy atom. The van der Waals surface area contributed by atoms with Gasteiger partial charge in [-0.2, -0.15) is 5.10 Å². The Labute approximate surface area is 201 Å². The monoisotopic (exact) mass is 474 g/mol. The number of amides is 1. The summed E-state index contributed by atoms with van der Waals surface area (Å²) in [5.41, 5.74) is 3.07. The fourth-order valence-electron chi connectivity index (χ4n) is 4.04. The molecule has 1 amide bonds. The van der Waals surface area contributed by atoms with Crippen molar-refractivity contribution in [1.29, 1.82) is 0 Å². The standard InChI is InChI=1S/C27H24F2N4O2/c1-17-24(27(34)31-14-18-10-20(28)12-21(29)11-18)6-3-7-26(17)35-23-8-9-30-25(13-23)19-15-32-33(16-19)22-4-2-5-22/h3,6-13,15-16,22H,2,4-5,14H2,1H3,(H,31,34). The van der Waals surface area contributed by atoms with Crippen LogP contribution in [0.25, 0.3) is 11.3 Å². The number of aromatic nitrogens is 3. The summed E-state index contributed by atoms with van der Waals surface area (Å²) in [6, 6.07) is 12.4. The van der Waals surface area contributed by atoms with Crippen molar-refractivity contribution in [2.75, 3.05) is 0 Å². The molecule has 2 aromatic heterocycles. The van der Waals surface area contributed by atoms with Crippen LogP contribution in [-0.4, -0.2) is 20.7 Å². The van der Waals surface area contributed by atoms with Crippen LogP contribution in [0.5, 0.6) is 11.5 Å². The SMILES string of the molecule is Cc1c(Oc2ccnc(-c3cnn(C4CCC4)c3)c2)cccc1C(=O)NCc1cc(F)cc(F)c1. The largest absolute Gasteiger partial charge is 0.457 e. The molecule has 2 heterocycles. The average molecular weight is 475 g/mol. The Morgan fingerprint density at radius 3 is 2.69 bits per heavy atom. The lowest BCUT2D eigenvalue weighted by Gasteiger charge is -2.25. The van der Waals surface area contributed by atoms with Crippen LogP contribution in [0.15, 0.2) is 67.1 Å². The van der Waals surface area contributed by atoms with Crippen LogP contribution in [0.1, 0.15) is 46.8 Å². The first-order valence-corrected chi connectivity index (χ1v) is 11.5. The van der Waals surface area contributed by atoms with Gasteiger partial charge in [-0.15, -0.1) is 0 Å². The Hall–Kier alpha value is -4.07. The number of hydrogen-bond acceptors (Lipinski definition) is 4. The molecule has 1 aliphatic carbocycles. The Balaban J connectivity index is 1.30. The van der Waals surface area contributed by atoms with Gasteiger partial charge >= 0.3 is 0 Å². The molecule has 1 saturated carbocycles. The topological polar surface area (TPSA) is 69.0 Å². The van der Waals surface area contributed by atoms with Gasteiger partial charge in [-0.25, -0.2) is 8.78 Å². The van der Waals surface area contributed by atoms with Gasteiger partial charge in [-0.1, -0.05) is 6.07 Å². The molecule has 178 valence electrons. The van der Waals surface area contributed by atoms with E-state index in [1.165, 1.54) is 18.6 Å². The molecule has 0 bridgehead atoms. The fraction of sp³-hybridized carbons (Fsp3) is 0.222. The van der Waals surface area contributed by atoms with E-state index in [1.807, 2.05) is 23.1 Å². The zero-order valence-electron chi connectivity index (χ0n) is 19.2. The first kappa shape index (κ1) is 22.7. The number of nitrogens with zero attached hydrogens (tertiary/aromatic N) is 3. The van der Waals surface area contributed by atoms with E-state index in [0.717, 1.165) is 30.2 Å². The van der Waals surface area contributed by atoms with E-state index >= 15 is 0 Å². The molecule has 1 aliphatic rings. The Bertz CT molecular complexity index is 1360. The highest BCUT2D eigenvalue weighted by Crippen LogP contribution is 2.33. The minimum Gasteiger partial charge on any atom is -0.457 e. The zero-order chi connectivity index (χ0) is 24.4. The molecule has 0 spiro atoms. The minimum atomic E-state index is -0.687. The first-order chi connectivity index (χ1) is 17.0. The maximum atomic E-state index is 13.4. The van der Waals surface area contributed by atoms with Gasteiger partial charge in [0.1, 0.15) is 23.1 Å². The van der Waals surface area contributed by atoms with Crippen molar-refractivity contribution in [3.8, 4) is 22.8 Å². The summed E-state index contributed by atoms with van der Waals surface area (Å²) in [5, 5.41) is 7.18. The van der Waals surface area contributed by atoms with Crippen molar-refractivity contribution in [2.24, 2.45) is 0 Å². The second kappa shape index (κ2) is 9.66. The summed E-state index contributed by atoms with van der Waals surface area (Å²) >= 11 is 0. The third-order valence-electron chi connectivity index (χ3n) is 6.21. The molecule has 35 heavy (non-hydrogen) atoms. The molecule has 4 aromatic rings. The third kappa shape index (κ3) is 5.06. The molecule has 0 unspecified atom stereocenters. The van der Waals surface area contributed by atoms with Gasteiger partial charge in [0, 0.05) is 47.8 Å². The molecular formula is C27H24F2N4O2. The predicted molar refractivity (Wildman–Crippen MR) is 127 cm³/mol. The van der Waals surface area contributed by atoms with Gasteiger partial charge in [0.25, 0.3) is 5.91 Å². The molecule has 0 aliphatic heterocycles. The van der Waals surface area contributed by atoms with Crippen molar-refractivity contribution in [1.82, 2.24) is 20.1 Å². The summed E-state index contributed by atoms with van der Waals surface area (Å²) in [5.74, 6) is -0.628. The number of carbonyl (C=O) groups excluding carboxylic acids is 1. The highest BCUT2D eigenvalue weighted by Gasteiger charge is 2.20. The summed E-state index contributed by atoms with van der Waals surface area (Å²) in [4.78, 5) is 17.2. The summed E-state index contributed by atoms with van der Waals surface area (Å²) in [6.45, 7) is 1.79. The van der Waals surface area contributed by atoms with Crippen LogP contribution >= 0.6 is 0 Å². The predicted octanol–water partition coefficient (Wildman–Crippen LogP) is 5.98. The molecule has 5 rings (SSSR count). The van der Waals surface area contributed by atoms with Gasteiger partial charge in [-0.05, 0) is 62.1 Å². The average Bonchev–Trinajstić information content (AvgIpc) is 3.27. The number of halogens is 2. The molecule has 1 fully saturated rings. The van der Waals surface area contributed by atoms with Gasteiger partial charge in [0.2, 0.25) is 0 Å². The van der Waals surface area contributed by atoms with Gasteiger partial charge in [0.05, 0.1) is 17.9 Å². The number of hydrogen-bond donors (Lipinski definition) is 1. The van der Waals surface area contributed by atoms with Crippen LogP contribution in [0.2, 0.25) is 0 Å². The number of ether oxygens (including phenoxy) is 1. The lowest BCUT2D eigenvalue weighted by molar-refractivity contribution is 0.0950. The van der Waals surface area contributed by atoms with E-state index < -0.39 is 11.6 Å². The second-order valence-corrected chi connectivity index (χ2v) is 8.66. The van der Waals surface area contributed by atoms with Crippen LogP contribution < -0.4 is 10.1 Å². The number of nitrogens with one attached hydrogen (secondary N) is 1. The Kier molecular flexibility index (Phi) is 6.27. The van der Waals surface area contributed by atoms with E-state index in [1.54, 1.807) is 37.4 Å². The van der Waals surface area contributed by atoms with E-state index in [4.69, 9.17) is 4.74 Å². The third-order valence-corrected chi connectivity index (χ3v) is 6.21. The van der Waals surface area contributed by atoms with Crippen LogP contribution in [-0.2, 0) is 6.54 Å². The van der Waals surface area contributed by atoms with Gasteiger partial charge < -0.3 is 10.1 Å². The highest BCUT2D eigenvalue weighted by molar-refractivity contribution is 5.96. The summed E-state index contributed by atoms with van der Waals surface area (Å²) in [6.07, 6.45) is 9.04. The van der Waals surface area contributed by atoms with Crippen LogP contribution in [0.3, 0.4) is 0 Å². The molecule has 1 N–H and O–H groups in total. The smallest absolute Gasteiger partial charge is 0.251 e. The van der Waals surface area contributed by atoms with Crippen molar-refractivity contribution in [2.45, 2.75) is 38.8 Å². The lowest BCUT2D eigenvalue weighted by Crippen LogP contribution is -2.23. The van der Waals surface area contributed by atoms with Crippen LogP contribution in [0, 0.1) is 18.6 Å². The van der Waals surface area contributed by atoms with Crippen molar-refractivity contribution in [3.05, 3.63) is 95.4 Å². The molecule has 0 atom stereocenters. The van der Waals surface area contributed by atoms with E-state index in [9.17, 15) is 13.6 Å². The molecular weight excluding hydrogens is 450 g/mol. The number of rotatable bonds is 7. The van der Waals surface area contributed by atoms with Gasteiger partial charge in [-0.3, -0.25) is 14.5 Å². The zero-order valence-corrected chi connectivity index (χ0v) is 19.2. The van der Waals surface area contributed by atoms with Crippen molar-refractivity contribution in [3.63, 3.8) is 0 Å². The van der Waals surface area contributed by atoms with Crippen molar-refractivity contribution >= 4 is 5.91 Å². The summed E-state index contributed by atoms with van der Waals surface area (Å²) < 4.78 is 34.9. The normalized spacial score (nSPS) is 13.3. The highest BCUT2D eigenvalue weighted by atomic mass is 19.1. The molecule has 0 saturated heterocycles. The molecule has 0 radical (unpaired) electrons. The van der Waals surface area contributed by atoms with Crippen LogP contribution in [0.4, 0.5) is 8.78 Å². The quantitative estimate of drug-likeness (QED) is 0.358. The Morgan fingerprint density at radius 1 is 1.14 bits per heavy atom. The number of carbonyl (C=O) groups is 1. The number of pyridine rings is 1.